The van der Waals surface area contributed by atoms with Crippen LogP contribution in [0, 0.1) is 11.7 Å². The second-order valence-electron chi connectivity index (χ2n) is 9.05. The van der Waals surface area contributed by atoms with Crippen LogP contribution in [0.25, 0.3) is 55.8 Å². The van der Waals surface area contributed by atoms with Crippen molar-refractivity contribution in [2.45, 2.75) is 12.8 Å². The van der Waals surface area contributed by atoms with Crippen LogP contribution in [-0.2, 0) is 4.79 Å². The van der Waals surface area contributed by atoms with E-state index in [1.165, 1.54) is 6.07 Å². The summed E-state index contributed by atoms with van der Waals surface area (Å²) in [4.78, 5) is 32.9. The minimum absolute atomic E-state index is 0.0309. The molecule has 1 fully saturated rings. The van der Waals surface area contributed by atoms with Crippen LogP contribution >= 0.6 is 0 Å². The smallest absolute Gasteiger partial charge is 0.227 e. The van der Waals surface area contributed by atoms with Gasteiger partial charge in [0.2, 0.25) is 5.91 Å². The molecule has 0 bridgehead atoms. The quantitative estimate of drug-likeness (QED) is 0.308. The number of halogens is 1. The Morgan fingerprint density at radius 1 is 0.973 bits per heavy atom. The number of aromatic amines is 2. The molecule has 0 spiro atoms. The summed E-state index contributed by atoms with van der Waals surface area (Å²) in [5, 5.41) is 10.9. The van der Waals surface area contributed by atoms with Crippen molar-refractivity contribution in [2.75, 3.05) is 5.32 Å². The highest BCUT2D eigenvalue weighted by atomic mass is 19.1. The Morgan fingerprint density at radius 2 is 1.84 bits per heavy atom. The van der Waals surface area contributed by atoms with Gasteiger partial charge < -0.3 is 10.3 Å². The van der Waals surface area contributed by atoms with Gasteiger partial charge in [0.25, 0.3) is 0 Å². The maximum absolute atomic E-state index is 15.2. The average molecular weight is 491 g/mol. The highest BCUT2D eigenvalue weighted by Gasteiger charge is 2.29. The number of nitrogens with zero attached hydrogens (tertiary/aromatic N) is 5. The normalized spacial score (nSPS) is 13.3. The van der Waals surface area contributed by atoms with Crippen molar-refractivity contribution in [2.24, 2.45) is 5.92 Å². The van der Waals surface area contributed by atoms with Gasteiger partial charge in [-0.3, -0.25) is 19.9 Å². The van der Waals surface area contributed by atoms with Crippen LogP contribution in [0.2, 0.25) is 0 Å². The molecule has 1 aromatic carbocycles. The molecule has 1 saturated carbocycles. The number of H-pyrrole nitrogens is 2. The Kier molecular flexibility index (Phi) is 4.78. The SMILES string of the molecule is O=C(Nc1cncc(-c2cc3c(-c4nc5nccc(-c6ccncc6)c5[nH]4)n[nH]c3cc2F)c1)C1CC1. The van der Waals surface area contributed by atoms with Gasteiger partial charge in [-0.05, 0) is 48.7 Å². The molecule has 9 nitrogen and oxygen atoms in total. The molecule has 5 heterocycles. The number of fused-ring (bicyclic) bond motifs is 2. The lowest BCUT2D eigenvalue weighted by atomic mass is 10.0. The number of hydrogen-bond donors (Lipinski definition) is 3. The number of nitrogens with one attached hydrogen (secondary N) is 3. The predicted molar refractivity (Wildman–Crippen MR) is 137 cm³/mol. The number of anilines is 1. The highest BCUT2D eigenvalue weighted by Crippen LogP contribution is 2.35. The summed E-state index contributed by atoms with van der Waals surface area (Å²) < 4.78 is 15.2. The van der Waals surface area contributed by atoms with Crippen molar-refractivity contribution in [3.63, 3.8) is 0 Å². The Balaban J connectivity index is 1.31. The number of pyridine rings is 3. The molecule has 0 radical (unpaired) electrons. The summed E-state index contributed by atoms with van der Waals surface area (Å²) in [6.07, 6.45) is 10.1. The molecule has 180 valence electrons. The van der Waals surface area contributed by atoms with E-state index in [4.69, 9.17) is 0 Å². The van der Waals surface area contributed by atoms with Gasteiger partial charge in [0, 0.05) is 58.8 Å². The molecule has 6 aromatic rings. The van der Waals surface area contributed by atoms with E-state index in [1.54, 1.807) is 43.1 Å². The second kappa shape index (κ2) is 8.30. The Morgan fingerprint density at radius 3 is 2.68 bits per heavy atom. The predicted octanol–water partition coefficient (Wildman–Crippen LogP) is 5.11. The Hall–Kier alpha value is -4.99. The van der Waals surface area contributed by atoms with E-state index in [0.717, 1.165) is 29.5 Å². The topological polar surface area (TPSA) is 125 Å². The average Bonchev–Trinajstić information content (AvgIpc) is 3.56. The van der Waals surface area contributed by atoms with Crippen molar-refractivity contribution < 1.29 is 9.18 Å². The number of hydrogen-bond acceptors (Lipinski definition) is 6. The van der Waals surface area contributed by atoms with Crippen LogP contribution in [0.4, 0.5) is 10.1 Å². The largest absolute Gasteiger partial charge is 0.335 e. The summed E-state index contributed by atoms with van der Waals surface area (Å²) in [5.74, 6) is 0.108. The molecule has 0 atom stereocenters. The van der Waals surface area contributed by atoms with Gasteiger partial charge in [0.15, 0.2) is 11.5 Å². The van der Waals surface area contributed by atoms with Crippen molar-refractivity contribution in [3.8, 4) is 33.8 Å². The van der Waals surface area contributed by atoms with E-state index in [2.05, 4.69) is 40.4 Å². The minimum Gasteiger partial charge on any atom is -0.335 e. The molecule has 0 unspecified atom stereocenters. The summed E-state index contributed by atoms with van der Waals surface area (Å²) >= 11 is 0. The first kappa shape index (κ1) is 21.3. The van der Waals surface area contributed by atoms with Crippen LogP contribution < -0.4 is 5.32 Å². The van der Waals surface area contributed by atoms with Crippen molar-refractivity contribution >= 4 is 33.7 Å². The molecule has 5 aromatic heterocycles. The van der Waals surface area contributed by atoms with Crippen molar-refractivity contribution in [1.29, 1.82) is 0 Å². The molecule has 1 aliphatic carbocycles. The van der Waals surface area contributed by atoms with Crippen LogP contribution in [0.15, 0.2) is 67.4 Å². The number of imidazole rings is 1. The number of rotatable bonds is 5. The van der Waals surface area contributed by atoms with E-state index in [9.17, 15) is 4.79 Å². The molecular weight excluding hydrogens is 471 g/mol. The lowest BCUT2D eigenvalue weighted by molar-refractivity contribution is -0.117. The van der Waals surface area contributed by atoms with E-state index in [1.807, 2.05) is 18.2 Å². The number of carbonyl (C=O) groups excluding carboxylic acids is 1. The zero-order valence-electron chi connectivity index (χ0n) is 19.4. The summed E-state index contributed by atoms with van der Waals surface area (Å²) in [6.45, 7) is 0. The summed E-state index contributed by atoms with van der Waals surface area (Å²) in [6, 6.07) is 10.6. The van der Waals surface area contributed by atoms with Gasteiger partial charge >= 0.3 is 0 Å². The fourth-order valence-electron chi connectivity index (χ4n) is 4.48. The number of amides is 1. The van der Waals surface area contributed by atoms with Gasteiger partial charge in [-0.2, -0.15) is 5.10 Å². The van der Waals surface area contributed by atoms with Gasteiger partial charge in [-0.15, -0.1) is 0 Å². The third-order valence-corrected chi connectivity index (χ3v) is 6.52. The second-order valence-corrected chi connectivity index (χ2v) is 9.05. The van der Waals surface area contributed by atoms with Crippen LogP contribution in [-0.4, -0.2) is 41.0 Å². The summed E-state index contributed by atoms with van der Waals surface area (Å²) in [5.41, 5.74) is 5.74. The molecule has 1 amide bonds. The van der Waals surface area contributed by atoms with Gasteiger partial charge in [0.05, 0.1) is 22.9 Å². The molecule has 0 aliphatic heterocycles. The zero-order valence-corrected chi connectivity index (χ0v) is 19.4. The maximum atomic E-state index is 15.2. The fraction of sp³-hybridized carbons (Fsp3) is 0.111. The molecular formula is C27H19FN8O. The van der Waals surface area contributed by atoms with E-state index < -0.39 is 5.82 Å². The first-order valence-electron chi connectivity index (χ1n) is 11.8. The standard InChI is InChI=1S/C27H19FN8O/c28-21-11-22-20(10-19(21)16-9-17(13-30-12-16)32-27(37)15-1-2-15)24(36-35-22)26-33-23-18(5-8-31-25(23)34-26)14-3-6-29-7-4-14/h3-13,15H,1-2H2,(H,32,37)(H,35,36)(H,31,33,34). The van der Waals surface area contributed by atoms with Gasteiger partial charge in [0.1, 0.15) is 11.5 Å². The first-order valence-corrected chi connectivity index (χ1v) is 11.8. The Labute approximate surface area is 209 Å². The van der Waals surface area contributed by atoms with Gasteiger partial charge in [-0.1, -0.05) is 0 Å². The number of carbonyl (C=O) groups is 1. The van der Waals surface area contributed by atoms with Crippen LogP contribution in [0.5, 0.6) is 0 Å². The third kappa shape index (κ3) is 3.79. The van der Waals surface area contributed by atoms with Crippen molar-refractivity contribution in [1.82, 2.24) is 35.1 Å². The lowest BCUT2D eigenvalue weighted by Crippen LogP contribution is -2.13. The first-order chi connectivity index (χ1) is 18.1. The number of aromatic nitrogens is 7. The zero-order chi connectivity index (χ0) is 24.9. The summed E-state index contributed by atoms with van der Waals surface area (Å²) in [7, 11) is 0. The van der Waals surface area contributed by atoms with Crippen LogP contribution in [0.3, 0.4) is 0 Å². The monoisotopic (exact) mass is 490 g/mol. The molecule has 0 saturated heterocycles. The van der Waals surface area contributed by atoms with E-state index in [-0.39, 0.29) is 11.8 Å². The van der Waals surface area contributed by atoms with Crippen molar-refractivity contribution in [3.05, 3.63) is 73.2 Å². The molecule has 3 N–H and O–H groups in total. The molecule has 7 rings (SSSR count). The van der Waals surface area contributed by atoms with Crippen LogP contribution in [0.1, 0.15) is 12.8 Å². The maximum Gasteiger partial charge on any atom is 0.227 e. The number of benzene rings is 1. The third-order valence-electron chi connectivity index (χ3n) is 6.52. The van der Waals surface area contributed by atoms with Gasteiger partial charge in [-0.25, -0.2) is 14.4 Å². The molecule has 1 aliphatic rings. The lowest BCUT2D eigenvalue weighted by Gasteiger charge is -2.08. The Bertz CT molecular complexity index is 1810. The molecule has 10 heteroatoms. The minimum atomic E-state index is -0.429. The highest BCUT2D eigenvalue weighted by molar-refractivity contribution is 5.98. The van der Waals surface area contributed by atoms with E-state index >= 15 is 4.39 Å². The molecule has 37 heavy (non-hydrogen) atoms. The fourth-order valence-corrected chi connectivity index (χ4v) is 4.48. The van der Waals surface area contributed by atoms with E-state index in [0.29, 0.717) is 44.9 Å².